The summed E-state index contributed by atoms with van der Waals surface area (Å²) in [5, 5.41) is 3.10. The monoisotopic (exact) mass is 656 g/mol. The molecule has 0 saturated heterocycles. The van der Waals surface area contributed by atoms with E-state index in [1.165, 1.54) is 0 Å². The summed E-state index contributed by atoms with van der Waals surface area (Å²) >= 11 is 20.4. The van der Waals surface area contributed by atoms with Crippen molar-refractivity contribution in [3.63, 3.8) is 0 Å². The summed E-state index contributed by atoms with van der Waals surface area (Å²) in [5.74, 6) is -5.75. The Bertz CT molecular complexity index is 1200. The molecule has 2 aromatic carbocycles. The van der Waals surface area contributed by atoms with Crippen LogP contribution in [0.1, 0.15) is 34.3 Å². The second-order valence-corrected chi connectivity index (χ2v) is 9.60. The smallest absolute Gasteiger partial charge is 0.345 e. The van der Waals surface area contributed by atoms with Gasteiger partial charge in [0.1, 0.15) is 24.3 Å². The standard InChI is InChI=1S/C22H15BrCl3F7N2O2/c1-9(19(36)34-8-21(28,29)30)35-20(37)12-3-2-10(4-14(12)23)17(27)7-13(22(31,32)33)11-5-15(24)18(26)16(25)6-11/h2-7,9,13H,8H2,1H3,(H,34,36)(H,35,37)/b17-7-/t9-,13?/m1/s1. The first-order valence-electron chi connectivity index (χ1n) is 9.94. The Morgan fingerprint density at radius 3 is 2.08 bits per heavy atom. The lowest BCUT2D eigenvalue weighted by atomic mass is 9.96. The highest BCUT2D eigenvalue weighted by Crippen LogP contribution is 2.42. The van der Waals surface area contributed by atoms with Crippen molar-refractivity contribution in [2.24, 2.45) is 0 Å². The molecule has 0 aromatic heterocycles. The molecular weight excluding hydrogens is 644 g/mol. The Labute approximate surface area is 229 Å². The van der Waals surface area contributed by atoms with E-state index in [9.17, 15) is 40.3 Å². The van der Waals surface area contributed by atoms with Crippen LogP contribution < -0.4 is 10.6 Å². The van der Waals surface area contributed by atoms with Gasteiger partial charge in [0, 0.05) is 10.0 Å². The van der Waals surface area contributed by atoms with Crippen LogP contribution in [0.25, 0.3) is 5.83 Å². The van der Waals surface area contributed by atoms with Gasteiger partial charge in [-0.25, -0.2) is 4.39 Å². The van der Waals surface area contributed by atoms with E-state index in [1.807, 2.05) is 0 Å². The zero-order valence-corrected chi connectivity index (χ0v) is 22.2. The van der Waals surface area contributed by atoms with Gasteiger partial charge in [-0.15, -0.1) is 0 Å². The van der Waals surface area contributed by atoms with Crippen LogP contribution in [-0.2, 0) is 4.79 Å². The van der Waals surface area contributed by atoms with Crippen LogP contribution in [0.5, 0.6) is 0 Å². The van der Waals surface area contributed by atoms with Crippen molar-refractivity contribution >= 4 is 68.4 Å². The number of nitrogens with one attached hydrogen (secondary N) is 2. The minimum absolute atomic E-state index is 0.0601. The van der Waals surface area contributed by atoms with E-state index in [-0.39, 0.29) is 30.7 Å². The Hall–Kier alpha value is -2.02. The molecule has 2 rings (SSSR count). The van der Waals surface area contributed by atoms with E-state index < -0.39 is 54.1 Å². The maximum absolute atomic E-state index is 14.9. The number of hydrogen-bond acceptors (Lipinski definition) is 2. The number of benzene rings is 2. The number of carbonyl (C=O) groups excluding carboxylic acids is 2. The molecule has 1 unspecified atom stereocenters. The number of carbonyl (C=O) groups is 2. The Morgan fingerprint density at radius 1 is 1.03 bits per heavy atom. The van der Waals surface area contributed by atoms with Gasteiger partial charge in [-0.1, -0.05) is 40.9 Å². The fraction of sp³-hybridized carbons (Fsp3) is 0.273. The zero-order valence-electron chi connectivity index (χ0n) is 18.3. The fourth-order valence-corrected chi connectivity index (χ4v) is 4.08. The Kier molecular flexibility index (Phi) is 10.3. The van der Waals surface area contributed by atoms with Crippen molar-refractivity contribution in [1.82, 2.24) is 10.6 Å². The van der Waals surface area contributed by atoms with E-state index in [4.69, 9.17) is 34.8 Å². The molecule has 2 N–H and O–H groups in total. The number of allylic oxidation sites excluding steroid dienone is 1. The molecule has 0 aliphatic rings. The van der Waals surface area contributed by atoms with Crippen LogP contribution in [0.2, 0.25) is 15.1 Å². The largest absolute Gasteiger partial charge is 0.405 e. The van der Waals surface area contributed by atoms with Gasteiger partial charge in [-0.3, -0.25) is 9.59 Å². The van der Waals surface area contributed by atoms with Crippen LogP contribution in [-0.4, -0.2) is 36.8 Å². The molecule has 4 nitrogen and oxygen atoms in total. The molecule has 0 bridgehead atoms. The summed E-state index contributed by atoms with van der Waals surface area (Å²) < 4.78 is 92.7. The lowest BCUT2D eigenvalue weighted by Crippen LogP contribution is -2.47. The first kappa shape index (κ1) is 31.2. The normalized spacial score (nSPS) is 14.2. The van der Waals surface area contributed by atoms with E-state index in [0.717, 1.165) is 37.3 Å². The molecule has 0 radical (unpaired) electrons. The molecule has 37 heavy (non-hydrogen) atoms. The van der Waals surface area contributed by atoms with E-state index in [1.54, 1.807) is 5.32 Å². The number of rotatable bonds is 7. The molecule has 0 saturated carbocycles. The van der Waals surface area contributed by atoms with E-state index >= 15 is 0 Å². The predicted octanol–water partition coefficient (Wildman–Crippen LogP) is 7.86. The van der Waals surface area contributed by atoms with Crippen molar-refractivity contribution in [1.29, 1.82) is 0 Å². The molecular formula is C22H15BrCl3F7N2O2. The van der Waals surface area contributed by atoms with Gasteiger partial charge < -0.3 is 10.6 Å². The van der Waals surface area contributed by atoms with Crippen molar-refractivity contribution < 1.29 is 40.3 Å². The van der Waals surface area contributed by atoms with E-state index in [2.05, 4.69) is 21.2 Å². The quantitative estimate of drug-likeness (QED) is 0.235. The first-order chi connectivity index (χ1) is 16.9. The van der Waals surface area contributed by atoms with Crippen molar-refractivity contribution in [3.8, 4) is 0 Å². The van der Waals surface area contributed by atoms with Gasteiger partial charge in [0.2, 0.25) is 5.91 Å². The van der Waals surface area contributed by atoms with Crippen LogP contribution in [0, 0.1) is 0 Å². The lowest BCUT2D eigenvalue weighted by molar-refractivity contribution is -0.139. The number of alkyl halides is 6. The van der Waals surface area contributed by atoms with Crippen molar-refractivity contribution in [3.05, 3.63) is 72.6 Å². The molecule has 2 atom stereocenters. The van der Waals surface area contributed by atoms with Crippen LogP contribution in [0.3, 0.4) is 0 Å². The SMILES string of the molecule is C[C@@H](NC(=O)c1ccc(/C(F)=C/C(c2cc(Cl)c(Cl)c(Cl)c2)C(F)(F)F)cc1Br)C(=O)NCC(F)(F)F. The van der Waals surface area contributed by atoms with E-state index in [0.29, 0.717) is 6.08 Å². The highest BCUT2D eigenvalue weighted by atomic mass is 79.9. The molecule has 15 heteroatoms. The highest BCUT2D eigenvalue weighted by molar-refractivity contribution is 9.10. The average Bonchev–Trinajstić information content (AvgIpc) is 2.77. The van der Waals surface area contributed by atoms with Gasteiger partial charge in [-0.2, -0.15) is 26.3 Å². The molecule has 0 aliphatic heterocycles. The molecule has 2 aromatic rings. The van der Waals surface area contributed by atoms with Gasteiger partial charge in [-0.05, 0) is 58.8 Å². The number of halogens is 11. The van der Waals surface area contributed by atoms with Crippen molar-refractivity contribution in [2.75, 3.05) is 6.54 Å². The number of amides is 2. The summed E-state index contributed by atoms with van der Waals surface area (Å²) in [6.45, 7) is -0.454. The van der Waals surface area contributed by atoms with Gasteiger partial charge in [0.25, 0.3) is 5.91 Å². The third-order valence-corrected chi connectivity index (χ3v) is 6.58. The highest BCUT2D eigenvalue weighted by Gasteiger charge is 2.40. The van der Waals surface area contributed by atoms with Gasteiger partial charge in [0.15, 0.2) is 0 Å². The summed E-state index contributed by atoms with van der Waals surface area (Å²) in [7, 11) is 0. The second kappa shape index (κ2) is 12.2. The average molecular weight is 659 g/mol. The van der Waals surface area contributed by atoms with Gasteiger partial charge in [0.05, 0.1) is 20.6 Å². The second-order valence-electron chi connectivity index (χ2n) is 7.56. The van der Waals surface area contributed by atoms with Crippen LogP contribution in [0.4, 0.5) is 30.7 Å². The summed E-state index contributed by atoms with van der Waals surface area (Å²) in [6.07, 6.45) is -9.28. The zero-order chi connectivity index (χ0) is 28.3. The third kappa shape index (κ3) is 8.76. The van der Waals surface area contributed by atoms with Crippen molar-refractivity contribution in [2.45, 2.75) is 31.2 Å². The molecule has 0 aliphatic carbocycles. The predicted molar refractivity (Wildman–Crippen MR) is 129 cm³/mol. The van der Waals surface area contributed by atoms with Crippen LogP contribution in [0.15, 0.2) is 40.9 Å². The first-order valence-corrected chi connectivity index (χ1v) is 11.9. The maximum atomic E-state index is 14.9. The fourth-order valence-electron chi connectivity index (χ4n) is 2.91. The topological polar surface area (TPSA) is 58.2 Å². The summed E-state index contributed by atoms with van der Waals surface area (Å²) in [5.41, 5.74) is -0.953. The maximum Gasteiger partial charge on any atom is 0.405 e. The minimum atomic E-state index is -4.93. The minimum Gasteiger partial charge on any atom is -0.345 e. The molecule has 0 spiro atoms. The molecule has 2 amide bonds. The molecule has 202 valence electrons. The van der Waals surface area contributed by atoms with Crippen LogP contribution >= 0.6 is 50.7 Å². The number of hydrogen-bond donors (Lipinski definition) is 2. The Balaban J connectivity index is 2.27. The molecule has 0 fully saturated rings. The molecule has 0 heterocycles. The summed E-state index contributed by atoms with van der Waals surface area (Å²) in [6, 6.07) is 3.55. The summed E-state index contributed by atoms with van der Waals surface area (Å²) in [4.78, 5) is 24.1. The Morgan fingerprint density at radius 2 is 1.59 bits per heavy atom. The van der Waals surface area contributed by atoms with Gasteiger partial charge >= 0.3 is 12.4 Å². The third-order valence-electron chi connectivity index (χ3n) is 4.72. The lowest BCUT2D eigenvalue weighted by Gasteiger charge is -2.19.